The summed E-state index contributed by atoms with van der Waals surface area (Å²) in [5.41, 5.74) is 1.10. The van der Waals surface area contributed by atoms with E-state index >= 15 is 0 Å². The number of benzene rings is 1. The van der Waals surface area contributed by atoms with Gasteiger partial charge in [0, 0.05) is 33.6 Å². The van der Waals surface area contributed by atoms with Crippen molar-refractivity contribution >= 4 is 17.1 Å². The van der Waals surface area contributed by atoms with Gasteiger partial charge in [-0.1, -0.05) is 12.1 Å². The Morgan fingerprint density at radius 3 is 2.62 bits per heavy atom. The van der Waals surface area contributed by atoms with E-state index in [4.69, 9.17) is 4.74 Å². The normalized spacial score (nSPS) is 16.1. The summed E-state index contributed by atoms with van der Waals surface area (Å²) in [5, 5.41) is 0. The second-order valence-electron chi connectivity index (χ2n) is 8.17. The van der Waals surface area contributed by atoms with Gasteiger partial charge < -0.3 is 14.2 Å². The van der Waals surface area contributed by atoms with Crippen LogP contribution in [0.15, 0.2) is 40.2 Å². The highest BCUT2D eigenvalue weighted by atomic mass is 16.5. The molecule has 9 heteroatoms. The maximum absolute atomic E-state index is 13.0. The number of hydrogen-bond acceptors (Lipinski definition) is 5. The van der Waals surface area contributed by atoms with E-state index in [2.05, 4.69) is 4.98 Å². The number of nitrogens with zero attached hydrogens (tertiary/aromatic N) is 5. The smallest absolute Gasteiger partial charge is 0.332 e. The molecule has 1 aromatic carbocycles. The molecular formula is C23H29N5O4. The fourth-order valence-corrected chi connectivity index (χ4v) is 4.48. The van der Waals surface area contributed by atoms with Crippen molar-refractivity contribution in [2.75, 3.05) is 13.2 Å². The average Bonchev–Trinajstić information content (AvgIpc) is 3.45. The summed E-state index contributed by atoms with van der Waals surface area (Å²) in [7, 11) is 3.05. The summed E-state index contributed by atoms with van der Waals surface area (Å²) >= 11 is 0. The molecule has 170 valence electrons. The van der Waals surface area contributed by atoms with Gasteiger partial charge >= 0.3 is 5.69 Å². The molecule has 32 heavy (non-hydrogen) atoms. The van der Waals surface area contributed by atoms with Crippen LogP contribution in [0.5, 0.6) is 5.75 Å². The molecular weight excluding hydrogens is 410 g/mol. The van der Waals surface area contributed by atoms with Crippen LogP contribution in [0.4, 0.5) is 0 Å². The molecule has 0 N–H and O–H groups in total. The topological polar surface area (TPSA) is 91.4 Å². The van der Waals surface area contributed by atoms with E-state index in [9.17, 15) is 14.4 Å². The fraction of sp³-hybridized carbons (Fsp3) is 0.478. The Morgan fingerprint density at radius 1 is 1.16 bits per heavy atom. The van der Waals surface area contributed by atoms with Crippen LogP contribution < -0.4 is 16.0 Å². The third-order valence-corrected chi connectivity index (χ3v) is 6.16. The summed E-state index contributed by atoms with van der Waals surface area (Å²) in [6.45, 7) is 3.82. The Bertz CT molecular complexity index is 1240. The summed E-state index contributed by atoms with van der Waals surface area (Å²) in [5.74, 6) is 0.953. The van der Waals surface area contributed by atoms with Crippen molar-refractivity contribution in [1.29, 1.82) is 0 Å². The molecule has 2 aromatic heterocycles. The van der Waals surface area contributed by atoms with Crippen LogP contribution in [-0.2, 0) is 25.4 Å². The molecule has 0 spiro atoms. The quantitative estimate of drug-likeness (QED) is 0.561. The van der Waals surface area contributed by atoms with Gasteiger partial charge in [0.25, 0.3) is 5.56 Å². The maximum Gasteiger partial charge on any atom is 0.332 e. The van der Waals surface area contributed by atoms with Crippen LogP contribution in [0.3, 0.4) is 0 Å². The lowest BCUT2D eigenvalue weighted by Crippen LogP contribution is -2.37. The van der Waals surface area contributed by atoms with E-state index in [1.165, 1.54) is 11.6 Å². The average molecular weight is 440 g/mol. The molecule has 1 saturated heterocycles. The summed E-state index contributed by atoms with van der Waals surface area (Å²) in [6, 6.07) is 8.09. The van der Waals surface area contributed by atoms with Crippen molar-refractivity contribution in [2.24, 2.45) is 14.1 Å². The third-order valence-electron chi connectivity index (χ3n) is 6.16. The van der Waals surface area contributed by atoms with Gasteiger partial charge in [0.15, 0.2) is 11.2 Å². The van der Waals surface area contributed by atoms with E-state index in [0.717, 1.165) is 35.3 Å². The van der Waals surface area contributed by atoms with Crippen LogP contribution in [0.1, 0.15) is 44.2 Å². The van der Waals surface area contributed by atoms with Gasteiger partial charge in [-0.25, -0.2) is 9.78 Å². The van der Waals surface area contributed by atoms with Gasteiger partial charge in [0.2, 0.25) is 5.91 Å². The lowest BCUT2D eigenvalue weighted by molar-refractivity contribution is -0.132. The van der Waals surface area contributed by atoms with Crippen LogP contribution in [0.2, 0.25) is 0 Å². The molecule has 3 aromatic rings. The molecule has 1 aliphatic rings. The molecule has 1 fully saturated rings. The Hall–Kier alpha value is -3.36. The predicted molar refractivity (Wildman–Crippen MR) is 121 cm³/mol. The number of imidazole rings is 1. The van der Waals surface area contributed by atoms with Gasteiger partial charge in [0.05, 0.1) is 19.0 Å². The second-order valence-corrected chi connectivity index (χ2v) is 8.17. The first kappa shape index (κ1) is 21.9. The summed E-state index contributed by atoms with van der Waals surface area (Å²) < 4.78 is 9.70. The van der Waals surface area contributed by atoms with Crippen molar-refractivity contribution in [3.05, 3.63) is 57.0 Å². The van der Waals surface area contributed by atoms with Gasteiger partial charge in [-0.3, -0.25) is 18.7 Å². The minimum atomic E-state index is -0.405. The molecule has 3 heterocycles. The molecule has 0 saturated carbocycles. The zero-order chi connectivity index (χ0) is 22.8. The van der Waals surface area contributed by atoms with E-state index in [0.29, 0.717) is 37.2 Å². The first-order chi connectivity index (χ1) is 15.4. The number of carbonyl (C=O) groups is 1. The van der Waals surface area contributed by atoms with Crippen LogP contribution in [-0.4, -0.2) is 42.6 Å². The molecule has 0 bridgehead atoms. The van der Waals surface area contributed by atoms with E-state index in [-0.39, 0.29) is 17.5 Å². The van der Waals surface area contributed by atoms with Crippen molar-refractivity contribution < 1.29 is 9.53 Å². The Labute approximate surface area is 185 Å². The van der Waals surface area contributed by atoms with E-state index < -0.39 is 5.69 Å². The molecule has 0 unspecified atom stereocenters. The minimum absolute atomic E-state index is 0.0917. The Balaban J connectivity index is 1.43. The highest BCUT2D eigenvalue weighted by Crippen LogP contribution is 2.33. The standard InChI is InChI=1S/C23H29N5O4/c1-4-32-17-11-9-16(10-12-17)18-7-5-14-28(18)19(29)8-6-13-27-15-24-21-20(27)22(30)26(3)23(31)25(21)2/h9-12,15,18H,4-8,13-14H2,1-3H3/t18-/m0/s1. The van der Waals surface area contributed by atoms with Crippen LogP contribution in [0, 0.1) is 0 Å². The largest absolute Gasteiger partial charge is 0.494 e. The lowest BCUT2D eigenvalue weighted by Gasteiger charge is -2.25. The highest BCUT2D eigenvalue weighted by molar-refractivity contribution is 5.77. The number of ether oxygens (including phenoxy) is 1. The number of amides is 1. The number of likely N-dealkylation sites (tertiary alicyclic amines) is 1. The molecule has 4 rings (SSSR count). The molecule has 0 aliphatic carbocycles. The predicted octanol–water partition coefficient (Wildman–Crippen LogP) is 1.98. The maximum atomic E-state index is 13.0. The molecule has 1 amide bonds. The number of carbonyl (C=O) groups excluding carboxylic acids is 1. The Kier molecular flexibility index (Phi) is 6.16. The zero-order valence-corrected chi connectivity index (χ0v) is 18.8. The number of aryl methyl sites for hydroxylation is 2. The van der Waals surface area contributed by atoms with Crippen molar-refractivity contribution in [1.82, 2.24) is 23.6 Å². The van der Waals surface area contributed by atoms with Gasteiger partial charge in [0.1, 0.15) is 5.75 Å². The highest BCUT2D eigenvalue weighted by Gasteiger charge is 2.29. The zero-order valence-electron chi connectivity index (χ0n) is 18.8. The molecule has 9 nitrogen and oxygen atoms in total. The summed E-state index contributed by atoms with van der Waals surface area (Å²) in [4.78, 5) is 43.8. The first-order valence-electron chi connectivity index (χ1n) is 11.1. The number of hydrogen-bond donors (Lipinski definition) is 0. The lowest BCUT2D eigenvalue weighted by atomic mass is 10.0. The number of fused-ring (bicyclic) bond motifs is 1. The van der Waals surface area contributed by atoms with Crippen molar-refractivity contribution in [3.8, 4) is 5.75 Å². The monoisotopic (exact) mass is 439 g/mol. The summed E-state index contributed by atoms with van der Waals surface area (Å²) in [6.07, 6.45) is 4.48. The second kappa shape index (κ2) is 9.02. The number of aromatic nitrogens is 4. The van der Waals surface area contributed by atoms with Gasteiger partial charge in [-0.05, 0) is 43.9 Å². The van der Waals surface area contributed by atoms with Gasteiger partial charge in [-0.2, -0.15) is 0 Å². The fourth-order valence-electron chi connectivity index (χ4n) is 4.48. The van der Waals surface area contributed by atoms with E-state index in [1.807, 2.05) is 36.1 Å². The minimum Gasteiger partial charge on any atom is -0.494 e. The molecule has 1 atom stereocenters. The van der Waals surface area contributed by atoms with Gasteiger partial charge in [-0.15, -0.1) is 0 Å². The Morgan fingerprint density at radius 2 is 1.91 bits per heavy atom. The number of rotatable bonds is 7. The van der Waals surface area contributed by atoms with Crippen molar-refractivity contribution in [3.63, 3.8) is 0 Å². The van der Waals surface area contributed by atoms with Crippen LogP contribution in [0.25, 0.3) is 11.2 Å². The molecule has 0 radical (unpaired) electrons. The van der Waals surface area contributed by atoms with E-state index in [1.54, 1.807) is 17.9 Å². The SMILES string of the molecule is CCOc1ccc([C@@H]2CCCN2C(=O)CCCn2cnc3c2c(=O)n(C)c(=O)n3C)cc1. The molecule has 1 aliphatic heterocycles. The first-order valence-corrected chi connectivity index (χ1v) is 11.1. The van der Waals surface area contributed by atoms with Crippen molar-refractivity contribution in [2.45, 2.75) is 45.2 Å². The van der Waals surface area contributed by atoms with Crippen LogP contribution >= 0.6 is 0 Å². The third kappa shape index (κ3) is 3.94.